The average Bonchev–Trinajstić information content (AvgIpc) is 3.53. The summed E-state index contributed by atoms with van der Waals surface area (Å²) in [6.45, 7) is 1.47. The maximum atomic E-state index is 13.2. The van der Waals surface area contributed by atoms with Crippen molar-refractivity contribution in [2.24, 2.45) is 4.40 Å². The first-order valence-corrected chi connectivity index (χ1v) is 14.6. The molecular weight excluding hydrogens is 534 g/mol. The van der Waals surface area contributed by atoms with Gasteiger partial charge in [-0.05, 0) is 54.8 Å². The van der Waals surface area contributed by atoms with E-state index in [0.717, 1.165) is 32.2 Å². The van der Waals surface area contributed by atoms with Crippen LogP contribution in [-0.2, 0) is 14.8 Å². The van der Waals surface area contributed by atoms with Gasteiger partial charge in [0.15, 0.2) is 0 Å². The van der Waals surface area contributed by atoms with Crippen molar-refractivity contribution >= 4 is 61.4 Å². The molecule has 37 heavy (non-hydrogen) atoms. The number of sulfonamides is 1. The van der Waals surface area contributed by atoms with Crippen LogP contribution in [0.15, 0.2) is 71.1 Å². The summed E-state index contributed by atoms with van der Waals surface area (Å²) in [4.78, 5) is 27.8. The fourth-order valence-electron chi connectivity index (χ4n) is 3.90. The van der Waals surface area contributed by atoms with Crippen molar-refractivity contribution < 1.29 is 18.0 Å². The normalized spacial score (nSPS) is 14.8. The number of hydrogen-bond donors (Lipinski definition) is 3. The van der Waals surface area contributed by atoms with Crippen LogP contribution in [0.5, 0.6) is 0 Å². The van der Waals surface area contributed by atoms with Crippen molar-refractivity contribution in [1.29, 1.82) is 0 Å². The van der Waals surface area contributed by atoms with Gasteiger partial charge in [-0.3, -0.25) is 10.1 Å². The second-order valence-electron chi connectivity index (χ2n) is 8.45. The molecule has 0 spiro atoms. The summed E-state index contributed by atoms with van der Waals surface area (Å²) in [5, 5.41) is 8.77. The lowest BCUT2D eigenvalue weighted by atomic mass is 10.1. The average molecular weight is 560 g/mol. The third-order valence-electron chi connectivity index (χ3n) is 5.55. The third-order valence-corrected chi connectivity index (χ3v) is 7.20. The Hall–Kier alpha value is -3.41. The fourth-order valence-corrected chi connectivity index (χ4v) is 5.38. The van der Waals surface area contributed by atoms with E-state index in [0.29, 0.717) is 32.0 Å². The Bertz CT molecular complexity index is 1390. The standard InChI is InChI=1S/C25H26ClN5O4S2/c1-37(34,35)30-23(31-15-5-6-16-31)18-9-11-19(12-10-18)27-24(32)22(17-7-3-2-4-8-17)29-25(33)28-21-14-13-20(26)36-21/h2-4,7-14,22H,5-6,15-16H2,1H3,(H,27,32)(H2,28,29,33). The predicted molar refractivity (Wildman–Crippen MR) is 148 cm³/mol. The van der Waals surface area contributed by atoms with Gasteiger partial charge in [0, 0.05) is 24.3 Å². The van der Waals surface area contributed by atoms with Gasteiger partial charge in [0.05, 0.1) is 15.6 Å². The summed E-state index contributed by atoms with van der Waals surface area (Å²) >= 11 is 7.14. The maximum Gasteiger partial charge on any atom is 0.320 e. The van der Waals surface area contributed by atoms with E-state index in [1.165, 1.54) is 11.3 Å². The second-order valence-corrected chi connectivity index (χ2v) is 11.8. The highest BCUT2D eigenvalue weighted by atomic mass is 35.5. The molecule has 1 aliphatic rings. The Morgan fingerprint density at radius 3 is 2.24 bits per heavy atom. The first-order chi connectivity index (χ1) is 17.7. The molecule has 1 unspecified atom stereocenters. The number of thiophene rings is 1. The molecule has 2 aromatic carbocycles. The number of urea groups is 1. The fraction of sp³-hybridized carbons (Fsp3) is 0.240. The first kappa shape index (κ1) is 26.6. The Morgan fingerprint density at radius 2 is 1.65 bits per heavy atom. The minimum Gasteiger partial charge on any atom is -0.355 e. The molecule has 9 nitrogen and oxygen atoms in total. The summed E-state index contributed by atoms with van der Waals surface area (Å²) in [7, 11) is -3.59. The van der Waals surface area contributed by atoms with E-state index in [1.807, 2.05) is 11.0 Å². The zero-order valence-corrected chi connectivity index (χ0v) is 22.4. The van der Waals surface area contributed by atoms with Gasteiger partial charge < -0.3 is 15.5 Å². The molecule has 12 heteroatoms. The van der Waals surface area contributed by atoms with E-state index in [2.05, 4.69) is 20.3 Å². The minimum atomic E-state index is -3.59. The molecule has 0 saturated carbocycles. The van der Waals surface area contributed by atoms with E-state index >= 15 is 0 Å². The van der Waals surface area contributed by atoms with E-state index in [-0.39, 0.29) is 0 Å². The molecule has 3 aromatic rings. The van der Waals surface area contributed by atoms with Gasteiger partial charge in [-0.1, -0.05) is 41.9 Å². The Kier molecular flexibility index (Phi) is 8.47. The maximum absolute atomic E-state index is 13.2. The number of benzene rings is 2. The van der Waals surface area contributed by atoms with E-state index in [1.54, 1.807) is 60.7 Å². The summed E-state index contributed by atoms with van der Waals surface area (Å²) in [5.41, 5.74) is 1.73. The van der Waals surface area contributed by atoms with Gasteiger partial charge in [0.1, 0.15) is 11.9 Å². The van der Waals surface area contributed by atoms with Crippen LogP contribution in [0.1, 0.15) is 30.0 Å². The van der Waals surface area contributed by atoms with Crippen molar-refractivity contribution in [2.75, 3.05) is 30.0 Å². The number of rotatable bonds is 7. The molecule has 3 N–H and O–H groups in total. The highest BCUT2D eigenvalue weighted by Gasteiger charge is 2.24. The van der Waals surface area contributed by atoms with E-state index in [9.17, 15) is 18.0 Å². The molecule has 194 valence electrons. The lowest BCUT2D eigenvalue weighted by Crippen LogP contribution is -2.39. The number of nitrogens with zero attached hydrogens (tertiary/aromatic N) is 2. The number of amides is 3. The first-order valence-electron chi connectivity index (χ1n) is 11.5. The van der Waals surface area contributed by atoms with Gasteiger partial charge in [-0.15, -0.1) is 15.7 Å². The van der Waals surface area contributed by atoms with Crippen molar-refractivity contribution in [1.82, 2.24) is 10.2 Å². The molecule has 3 amide bonds. The molecule has 4 rings (SSSR count). The number of likely N-dealkylation sites (tertiary alicyclic amines) is 1. The smallest absolute Gasteiger partial charge is 0.320 e. The zero-order valence-electron chi connectivity index (χ0n) is 20.0. The molecular formula is C25H26ClN5O4S2. The molecule has 1 fully saturated rings. The number of nitrogens with one attached hydrogen (secondary N) is 3. The van der Waals surface area contributed by atoms with Crippen molar-refractivity contribution in [3.05, 3.63) is 82.2 Å². The lowest BCUT2D eigenvalue weighted by Gasteiger charge is -2.21. The van der Waals surface area contributed by atoms with Crippen LogP contribution in [0.4, 0.5) is 15.5 Å². The highest BCUT2D eigenvalue weighted by molar-refractivity contribution is 7.89. The van der Waals surface area contributed by atoms with Crippen LogP contribution in [0, 0.1) is 0 Å². The van der Waals surface area contributed by atoms with Crippen LogP contribution in [0.2, 0.25) is 4.34 Å². The molecule has 2 heterocycles. The molecule has 0 bridgehead atoms. The third kappa shape index (κ3) is 7.54. The Morgan fingerprint density at radius 1 is 0.973 bits per heavy atom. The minimum absolute atomic E-state index is 0.395. The van der Waals surface area contributed by atoms with E-state index < -0.39 is 28.0 Å². The molecule has 1 atom stereocenters. The lowest BCUT2D eigenvalue weighted by molar-refractivity contribution is -0.118. The molecule has 0 radical (unpaired) electrons. The Balaban J connectivity index is 1.51. The van der Waals surface area contributed by atoms with Gasteiger partial charge in [-0.25, -0.2) is 13.2 Å². The van der Waals surface area contributed by atoms with Crippen LogP contribution in [0.3, 0.4) is 0 Å². The number of carbonyl (C=O) groups excluding carboxylic acids is 2. The van der Waals surface area contributed by atoms with Crippen molar-refractivity contribution in [3.63, 3.8) is 0 Å². The number of halogens is 1. The summed E-state index contributed by atoms with van der Waals surface area (Å²) in [5.74, 6) is -0.0464. The van der Waals surface area contributed by atoms with Gasteiger partial charge >= 0.3 is 6.03 Å². The summed E-state index contributed by atoms with van der Waals surface area (Å²) in [6, 6.07) is 17.5. The molecule has 1 aliphatic heterocycles. The number of hydrogen-bond acceptors (Lipinski definition) is 5. The predicted octanol–water partition coefficient (Wildman–Crippen LogP) is 4.71. The SMILES string of the molecule is CS(=O)(=O)N=C(c1ccc(NC(=O)C(NC(=O)Nc2ccc(Cl)s2)c2ccccc2)cc1)N1CCCC1. The topological polar surface area (TPSA) is 120 Å². The quantitative estimate of drug-likeness (QED) is 0.286. The second kappa shape index (κ2) is 11.8. The van der Waals surface area contributed by atoms with Crippen molar-refractivity contribution in [3.8, 4) is 0 Å². The molecule has 0 aliphatic carbocycles. The van der Waals surface area contributed by atoms with Gasteiger partial charge in [0.2, 0.25) is 0 Å². The van der Waals surface area contributed by atoms with Crippen LogP contribution in [-0.4, -0.2) is 50.4 Å². The monoisotopic (exact) mass is 559 g/mol. The van der Waals surface area contributed by atoms with Crippen LogP contribution < -0.4 is 16.0 Å². The zero-order chi connectivity index (χ0) is 26.4. The van der Waals surface area contributed by atoms with Gasteiger partial charge in [-0.2, -0.15) is 0 Å². The van der Waals surface area contributed by atoms with Crippen molar-refractivity contribution in [2.45, 2.75) is 18.9 Å². The van der Waals surface area contributed by atoms with E-state index in [4.69, 9.17) is 11.6 Å². The summed E-state index contributed by atoms with van der Waals surface area (Å²) in [6.07, 6.45) is 3.01. The molecule has 1 saturated heterocycles. The highest BCUT2D eigenvalue weighted by Crippen LogP contribution is 2.26. The van der Waals surface area contributed by atoms with Crippen LogP contribution in [0.25, 0.3) is 0 Å². The number of anilines is 2. The van der Waals surface area contributed by atoms with Crippen LogP contribution >= 0.6 is 22.9 Å². The summed E-state index contributed by atoms with van der Waals surface area (Å²) < 4.78 is 28.3. The number of amidine groups is 1. The largest absolute Gasteiger partial charge is 0.355 e. The number of carbonyl (C=O) groups is 2. The molecule has 1 aromatic heterocycles. The van der Waals surface area contributed by atoms with Gasteiger partial charge in [0.25, 0.3) is 15.9 Å². The Labute approximate surface area is 224 Å².